The minimum atomic E-state index is -0.950. The molecular weight excluding hydrogens is 424 g/mol. The average Bonchev–Trinajstić information content (AvgIpc) is 3.06. The highest BCUT2D eigenvalue weighted by atomic mass is 16.3. The van der Waals surface area contributed by atoms with Crippen molar-refractivity contribution in [1.82, 2.24) is 0 Å². The molecule has 0 saturated heterocycles. The molecule has 3 saturated carbocycles. The first-order valence-corrected chi connectivity index (χ1v) is 13.5. The number of allylic oxidation sites excluding steroid dienone is 3. The van der Waals surface area contributed by atoms with Crippen molar-refractivity contribution in [1.29, 1.82) is 0 Å². The largest absolute Gasteiger partial charge is 0.395 e. The standard InChI is InChI=1S/C30H46O4/c1-18(2)16-23(32)26(34)19(3)20-10-14-30(7)22-8-9-24-27(4,21(22)11-15-29(20,30)6)13-12-25(33)28(24,5)17-31/h8,16,19-21,24,26,31,34H,9-15,17H2,1-7H3/t19-,20-,21+,24-,26+,27-,28-,29+,30-/m1/s1. The molecule has 190 valence electrons. The van der Waals surface area contributed by atoms with E-state index in [1.807, 2.05) is 20.8 Å². The fourth-order valence-electron chi connectivity index (χ4n) is 9.28. The molecule has 0 spiro atoms. The quantitative estimate of drug-likeness (QED) is 0.401. The van der Waals surface area contributed by atoms with Crippen LogP contribution < -0.4 is 0 Å². The van der Waals surface area contributed by atoms with Crippen LogP contribution in [0, 0.1) is 45.3 Å². The second-order valence-electron chi connectivity index (χ2n) is 13.4. The molecule has 0 aromatic rings. The third-order valence-corrected chi connectivity index (χ3v) is 11.6. The van der Waals surface area contributed by atoms with E-state index in [9.17, 15) is 19.8 Å². The topological polar surface area (TPSA) is 74.6 Å². The maximum Gasteiger partial charge on any atom is 0.184 e. The number of aliphatic hydroxyl groups is 2. The number of carbonyl (C=O) groups is 2. The van der Waals surface area contributed by atoms with Crippen LogP contribution in [0.2, 0.25) is 0 Å². The summed E-state index contributed by atoms with van der Waals surface area (Å²) in [6.45, 7) is 15.0. The SMILES string of the molecule is CC(C)=CC(=O)[C@@H](O)[C@H](C)[C@H]1CC[C@]2(C)C3=CC[C@@H]4[C@](C)(CCC(=O)[C@]4(C)CO)[C@H]3CC[C@@]12C. The van der Waals surface area contributed by atoms with E-state index in [1.54, 1.807) is 11.6 Å². The highest BCUT2D eigenvalue weighted by Gasteiger charge is 2.66. The van der Waals surface area contributed by atoms with E-state index in [0.29, 0.717) is 18.3 Å². The maximum atomic E-state index is 12.9. The summed E-state index contributed by atoms with van der Waals surface area (Å²) >= 11 is 0. The van der Waals surface area contributed by atoms with Crippen LogP contribution in [0.5, 0.6) is 0 Å². The van der Waals surface area contributed by atoms with Crippen LogP contribution in [0.25, 0.3) is 0 Å². The number of ketones is 2. The third-order valence-electron chi connectivity index (χ3n) is 11.6. The minimum absolute atomic E-state index is 0.0302. The van der Waals surface area contributed by atoms with Crippen molar-refractivity contribution in [3.8, 4) is 0 Å². The van der Waals surface area contributed by atoms with E-state index in [-0.39, 0.29) is 46.3 Å². The van der Waals surface area contributed by atoms with Crippen LogP contribution in [0.1, 0.15) is 93.4 Å². The lowest BCUT2D eigenvalue weighted by molar-refractivity contribution is -0.153. The van der Waals surface area contributed by atoms with Crippen molar-refractivity contribution in [3.05, 3.63) is 23.3 Å². The summed E-state index contributed by atoms with van der Waals surface area (Å²) < 4.78 is 0. The number of Topliss-reactive ketones (excluding diaryl/α,β-unsaturated/α-hetero) is 1. The number of hydrogen-bond acceptors (Lipinski definition) is 4. The fraction of sp³-hybridized carbons (Fsp3) is 0.800. The third kappa shape index (κ3) is 3.38. The summed E-state index contributed by atoms with van der Waals surface area (Å²) in [7, 11) is 0. The van der Waals surface area contributed by atoms with E-state index >= 15 is 0 Å². The molecule has 4 aliphatic carbocycles. The van der Waals surface area contributed by atoms with Crippen molar-refractivity contribution < 1.29 is 19.8 Å². The predicted octanol–water partition coefficient (Wildman–Crippen LogP) is 5.67. The monoisotopic (exact) mass is 470 g/mol. The Morgan fingerprint density at radius 3 is 2.44 bits per heavy atom. The first kappa shape index (κ1) is 25.8. The van der Waals surface area contributed by atoms with Crippen LogP contribution in [0.3, 0.4) is 0 Å². The zero-order chi connectivity index (χ0) is 25.3. The van der Waals surface area contributed by atoms with E-state index in [4.69, 9.17) is 0 Å². The normalized spacial score (nSPS) is 45.4. The maximum absolute atomic E-state index is 12.9. The van der Waals surface area contributed by atoms with Crippen molar-refractivity contribution in [3.63, 3.8) is 0 Å². The van der Waals surface area contributed by atoms with Gasteiger partial charge in [-0.15, -0.1) is 0 Å². The molecule has 0 bridgehead atoms. The Kier molecular flexibility index (Phi) is 6.38. The molecule has 4 heteroatoms. The molecule has 0 unspecified atom stereocenters. The summed E-state index contributed by atoms with van der Waals surface area (Å²) in [5.74, 6) is 0.906. The van der Waals surface area contributed by atoms with Crippen LogP contribution in [0.15, 0.2) is 23.3 Å². The average molecular weight is 471 g/mol. The van der Waals surface area contributed by atoms with Gasteiger partial charge in [-0.05, 0) is 98.4 Å². The van der Waals surface area contributed by atoms with Crippen LogP contribution >= 0.6 is 0 Å². The summed E-state index contributed by atoms with van der Waals surface area (Å²) in [6, 6.07) is 0. The molecule has 0 radical (unpaired) electrons. The molecule has 4 nitrogen and oxygen atoms in total. The molecule has 2 N–H and O–H groups in total. The van der Waals surface area contributed by atoms with Gasteiger partial charge >= 0.3 is 0 Å². The van der Waals surface area contributed by atoms with E-state index < -0.39 is 11.5 Å². The predicted molar refractivity (Wildman–Crippen MR) is 135 cm³/mol. The summed E-state index contributed by atoms with van der Waals surface area (Å²) in [5, 5.41) is 21.2. The highest BCUT2D eigenvalue weighted by molar-refractivity contribution is 5.94. The van der Waals surface area contributed by atoms with E-state index in [2.05, 4.69) is 33.8 Å². The molecular formula is C30H46O4. The van der Waals surface area contributed by atoms with Gasteiger partial charge in [0.1, 0.15) is 11.9 Å². The fourth-order valence-corrected chi connectivity index (χ4v) is 9.28. The molecule has 9 atom stereocenters. The summed E-state index contributed by atoms with van der Waals surface area (Å²) in [4.78, 5) is 25.5. The van der Waals surface area contributed by atoms with Gasteiger partial charge in [-0.2, -0.15) is 0 Å². The van der Waals surface area contributed by atoms with Gasteiger partial charge in [0.15, 0.2) is 5.78 Å². The summed E-state index contributed by atoms with van der Waals surface area (Å²) in [6.07, 6.45) is 9.70. The van der Waals surface area contributed by atoms with Crippen molar-refractivity contribution in [2.45, 2.75) is 99.5 Å². The van der Waals surface area contributed by atoms with Gasteiger partial charge in [0, 0.05) is 6.42 Å². The van der Waals surface area contributed by atoms with Gasteiger partial charge in [-0.25, -0.2) is 0 Å². The molecule has 0 heterocycles. The number of hydrogen-bond donors (Lipinski definition) is 2. The molecule has 4 rings (SSSR count). The van der Waals surface area contributed by atoms with Gasteiger partial charge in [0.25, 0.3) is 0 Å². The second kappa shape index (κ2) is 8.40. The number of fused-ring (bicyclic) bond motifs is 5. The zero-order valence-electron chi connectivity index (χ0n) is 22.4. The van der Waals surface area contributed by atoms with Gasteiger partial charge in [0.2, 0.25) is 0 Å². The molecule has 0 aliphatic heterocycles. The molecule has 4 aliphatic rings. The minimum Gasteiger partial charge on any atom is -0.395 e. The number of rotatable bonds is 5. The number of aliphatic hydroxyl groups excluding tert-OH is 2. The van der Waals surface area contributed by atoms with Crippen LogP contribution in [0.4, 0.5) is 0 Å². The Morgan fingerprint density at radius 2 is 1.82 bits per heavy atom. The molecule has 3 fully saturated rings. The lowest BCUT2D eigenvalue weighted by Gasteiger charge is -2.63. The van der Waals surface area contributed by atoms with E-state index in [0.717, 1.165) is 44.1 Å². The van der Waals surface area contributed by atoms with Gasteiger partial charge in [0.05, 0.1) is 12.0 Å². The smallest absolute Gasteiger partial charge is 0.184 e. The number of carbonyl (C=O) groups excluding carboxylic acids is 2. The lowest BCUT2D eigenvalue weighted by atomic mass is 9.41. The lowest BCUT2D eigenvalue weighted by Crippen LogP contribution is -2.59. The van der Waals surface area contributed by atoms with Crippen molar-refractivity contribution in [2.24, 2.45) is 45.3 Å². The Labute approximate surface area is 206 Å². The second-order valence-corrected chi connectivity index (χ2v) is 13.4. The Bertz CT molecular complexity index is 928. The molecule has 34 heavy (non-hydrogen) atoms. The van der Waals surface area contributed by atoms with Crippen LogP contribution in [-0.2, 0) is 9.59 Å². The Balaban J connectivity index is 1.67. The van der Waals surface area contributed by atoms with Gasteiger partial charge < -0.3 is 10.2 Å². The van der Waals surface area contributed by atoms with Crippen molar-refractivity contribution >= 4 is 11.6 Å². The van der Waals surface area contributed by atoms with Gasteiger partial charge in [-0.3, -0.25) is 9.59 Å². The molecule has 0 aromatic heterocycles. The molecule has 0 aromatic carbocycles. The Morgan fingerprint density at radius 1 is 1.15 bits per heavy atom. The zero-order valence-corrected chi connectivity index (χ0v) is 22.4. The summed E-state index contributed by atoms with van der Waals surface area (Å²) in [5.41, 5.74) is 1.96. The highest BCUT2D eigenvalue weighted by Crippen LogP contribution is 2.73. The molecule has 0 amide bonds. The van der Waals surface area contributed by atoms with Crippen LogP contribution in [-0.4, -0.2) is 34.5 Å². The van der Waals surface area contributed by atoms with E-state index in [1.165, 1.54) is 0 Å². The Hall–Kier alpha value is -1.26. The first-order chi connectivity index (χ1) is 15.8. The van der Waals surface area contributed by atoms with Crippen molar-refractivity contribution in [2.75, 3.05) is 6.61 Å². The first-order valence-electron chi connectivity index (χ1n) is 13.5. The van der Waals surface area contributed by atoms with Gasteiger partial charge in [-0.1, -0.05) is 51.8 Å².